The van der Waals surface area contributed by atoms with E-state index in [9.17, 15) is 9.59 Å². The largest absolute Gasteiger partial charge is 0.370 e. The van der Waals surface area contributed by atoms with Crippen LogP contribution in [-0.4, -0.2) is 31.4 Å². The SMILES string of the molecule is Cc1cccc(N(CCC(N)=O)C(=O)C2CCNCC2)c1.Cl. The van der Waals surface area contributed by atoms with Crippen molar-refractivity contribution >= 4 is 29.9 Å². The van der Waals surface area contributed by atoms with Gasteiger partial charge in [0.15, 0.2) is 0 Å². The van der Waals surface area contributed by atoms with Crippen LogP contribution in [0, 0.1) is 12.8 Å². The van der Waals surface area contributed by atoms with Crippen molar-refractivity contribution in [3.8, 4) is 0 Å². The van der Waals surface area contributed by atoms with Crippen molar-refractivity contribution < 1.29 is 9.59 Å². The molecule has 0 aliphatic carbocycles. The fourth-order valence-corrected chi connectivity index (χ4v) is 2.67. The van der Waals surface area contributed by atoms with Crippen molar-refractivity contribution in [1.29, 1.82) is 0 Å². The number of nitrogens with two attached hydrogens (primary N) is 1. The minimum atomic E-state index is -0.384. The Morgan fingerprint density at radius 3 is 2.59 bits per heavy atom. The summed E-state index contributed by atoms with van der Waals surface area (Å²) < 4.78 is 0. The first-order chi connectivity index (χ1) is 10.1. The summed E-state index contributed by atoms with van der Waals surface area (Å²) in [6.07, 6.45) is 1.88. The minimum absolute atomic E-state index is 0. The second-order valence-corrected chi connectivity index (χ2v) is 5.57. The van der Waals surface area contributed by atoms with Crippen LogP contribution in [0.15, 0.2) is 24.3 Å². The average molecular weight is 326 g/mol. The molecule has 0 spiro atoms. The molecule has 1 aliphatic rings. The van der Waals surface area contributed by atoms with Crippen LogP contribution < -0.4 is 16.0 Å². The molecule has 1 aromatic rings. The first-order valence-corrected chi connectivity index (χ1v) is 7.45. The maximum Gasteiger partial charge on any atom is 0.230 e. The zero-order chi connectivity index (χ0) is 15.2. The zero-order valence-electron chi connectivity index (χ0n) is 12.9. The van der Waals surface area contributed by atoms with Gasteiger partial charge in [-0.3, -0.25) is 9.59 Å². The van der Waals surface area contributed by atoms with E-state index in [1.807, 2.05) is 31.2 Å². The molecule has 2 rings (SSSR count). The van der Waals surface area contributed by atoms with Gasteiger partial charge in [-0.1, -0.05) is 12.1 Å². The van der Waals surface area contributed by atoms with Crippen LogP contribution in [0.5, 0.6) is 0 Å². The number of amides is 2. The van der Waals surface area contributed by atoms with E-state index in [1.165, 1.54) is 0 Å². The third-order valence-corrected chi connectivity index (χ3v) is 3.85. The van der Waals surface area contributed by atoms with Gasteiger partial charge < -0.3 is 16.0 Å². The highest BCUT2D eigenvalue weighted by Gasteiger charge is 2.27. The number of nitrogens with one attached hydrogen (secondary N) is 1. The second-order valence-electron chi connectivity index (χ2n) is 5.57. The lowest BCUT2D eigenvalue weighted by Gasteiger charge is -2.29. The molecule has 1 heterocycles. The molecule has 1 saturated heterocycles. The number of carbonyl (C=O) groups is 2. The predicted molar refractivity (Wildman–Crippen MR) is 90.2 cm³/mol. The zero-order valence-corrected chi connectivity index (χ0v) is 13.7. The van der Waals surface area contributed by atoms with Gasteiger partial charge in [0.1, 0.15) is 0 Å². The lowest BCUT2D eigenvalue weighted by Crippen LogP contribution is -2.42. The van der Waals surface area contributed by atoms with Crippen molar-refractivity contribution in [2.24, 2.45) is 11.7 Å². The summed E-state index contributed by atoms with van der Waals surface area (Å²) in [6, 6.07) is 7.80. The highest BCUT2D eigenvalue weighted by Crippen LogP contribution is 2.22. The number of rotatable bonds is 5. The van der Waals surface area contributed by atoms with Gasteiger partial charge in [-0.15, -0.1) is 12.4 Å². The Hall–Kier alpha value is -1.59. The number of piperidine rings is 1. The van der Waals surface area contributed by atoms with E-state index in [2.05, 4.69) is 5.32 Å². The summed E-state index contributed by atoms with van der Waals surface area (Å²) in [7, 11) is 0. The number of anilines is 1. The fourth-order valence-electron chi connectivity index (χ4n) is 2.67. The molecule has 6 heteroatoms. The molecule has 122 valence electrons. The summed E-state index contributed by atoms with van der Waals surface area (Å²) in [5, 5.41) is 3.26. The molecule has 22 heavy (non-hydrogen) atoms. The fraction of sp³-hybridized carbons (Fsp3) is 0.500. The van der Waals surface area contributed by atoms with Crippen LogP contribution in [0.1, 0.15) is 24.8 Å². The minimum Gasteiger partial charge on any atom is -0.370 e. The third kappa shape index (κ3) is 5.00. The molecular weight excluding hydrogens is 302 g/mol. The number of primary amides is 1. The first-order valence-electron chi connectivity index (χ1n) is 7.45. The number of hydrogen-bond donors (Lipinski definition) is 2. The Kier molecular flexibility index (Phi) is 7.35. The third-order valence-electron chi connectivity index (χ3n) is 3.85. The van der Waals surface area contributed by atoms with Gasteiger partial charge in [-0.05, 0) is 50.6 Å². The topological polar surface area (TPSA) is 75.4 Å². The van der Waals surface area contributed by atoms with Crippen molar-refractivity contribution in [2.75, 3.05) is 24.5 Å². The highest BCUT2D eigenvalue weighted by molar-refractivity contribution is 5.95. The van der Waals surface area contributed by atoms with Gasteiger partial charge in [0.25, 0.3) is 0 Å². The second kappa shape index (κ2) is 8.76. The first kappa shape index (κ1) is 18.5. The summed E-state index contributed by atoms with van der Waals surface area (Å²) in [5.74, 6) is -0.256. The van der Waals surface area contributed by atoms with Crippen molar-refractivity contribution in [1.82, 2.24) is 5.32 Å². The molecule has 2 amide bonds. The lowest BCUT2D eigenvalue weighted by atomic mass is 9.96. The van der Waals surface area contributed by atoms with Gasteiger partial charge in [0.05, 0.1) is 0 Å². The number of benzene rings is 1. The summed E-state index contributed by atoms with van der Waals surface area (Å²) >= 11 is 0. The van der Waals surface area contributed by atoms with Crippen molar-refractivity contribution in [2.45, 2.75) is 26.2 Å². The maximum atomic E-state index is 12.8. The molecular formula is C16H24ClN3O2. The standard InChI is InChI=1S/C16H23N3O2.ClH/c1-12-3-2-4-14(11-12)19(10-7-15(17)20)16(21)13-5-8-18-9-6-13;/h2-4,11,13,18H,5-10H2,1H3,(H2,17,20);1H. The van der Waals surface area contributed by atoms with Gasteiger partial charge >= 0.3 is 0 Å². The van der Waals surface area contributed by atoms with Crippen LogP contribution >= 0.6 is 12.4 Å². The Bertz CT molecular complexity index is 516. The Morgan fingerprint density at radius 1 is 1.32 bits per heavy atom. The van der Waals surface area contributed by atoms with Crippen LogP contribution in [0.25, 0.3) is 0 Å². The van der Waals surface area contributed by atoms with Crippen molar-refractivity contribution in [3.05, 3.63) is 29.8 Å². The molecule has 0 saturated carbocycles. The molecule has 1 aromatic carbocycles. The number of nitrogens with zero attached hydrogens (tertiary/aromatic N) is 1. The summed E-state index contributed by atoms with van der Waals surface area (Å²) in [4.78, 5) is 25.6. The molecule has 5 nitrogen and oxygen atoms in total. The number of hydrogen-bond acceptors (Lipinski definition) is 3. The smallest absolute Gasteiger partial charge is 0.230 e. The molecule has 3 N–H and O–H groups in total. The van der Waals surface area contributed by atoms with Crippen molar-refractivity contribution in [3.63, 3.8) is 0 Å². The van der Waals surface area contributed by atoms with Gasteiger partial charge in [0, 0.05) is 24.6 Å². The summed E-state index contributed by atoms with van der Waals surface area (Å²) in [5.41, 5.74) is 7.18. The van der Waals surface area contributed by atoms with Crippen LogP contribution in [0.3, 0.4) is 0 Å². The van der Waals surface area contributed by atoms with Crippen LogP contribution in [-0.2, 0) is 9.59 Å². The average Bonchev–Trinajstić information content (AvgIpc) is 2.48. The molecule has 1 fully saturated rings. The highest BCUT2D eigenvalue weighted by atomic mass is 35.5. The number of aryl methyl sites for hydroxylation is 1. The van der Waals surface area contributed by atoms with E-state index in [0.717, 1.165) is 37.2 Å². The van der Waals surface area contributed by atoms with Gasteiger partial charge in [-0.2, -0.15) is 0 Å². The normalized spacial score (nSPS) is 15.0. The Morgan fingerprint density at radius 2 is 2.00 bits per heavy atom. The van der Waals surface area contributed by atoms with E-state index in [4.69, 9.17) is 5.73 Å². The predicted octanol–water partition coefficient (Wildman–Crippen LogP) is 1.62. The van der Waals surface area contributed by atoms with E-state index in [-0.39, 0.29) is 36.6 Å². The quantitative estimate of drug-likeness (QED) is 0.864. The van der Waals surface area contributed by atoms with E-state index in [1.54, 1.807) is 4.90 Å². The molecule has 1 aliphatic heterocycles. The number of carbonyl (C=O) groups excluding carboxylic acids is 2. The van der Waals surface area contributed by atoms with Crippen LogP contribution in [0.4, 0.5) is 5.69 Å². The van der Waals surface area contributed by atoms with E-state index < -0.39 is 0 Å². The number of halogens is 1. The van der Waals surface area contributed by atoms with Gasteiger partial charge in [-0.25, -0.2) is 0 Å². The molecule has 0 aromatic heterocycles. The Labute approximate surface area is 137 Å². The molecule has 0 unspecified atom stereocenters. The lowest BCUT2D eigenvalue weighted by molar-refractivity contribution is -0.123. The molecule has 0 radical (unpaired) electrons. The van der Waals surface area contributed by atoms with E-state index >= 15 is 0 Å². The Balaban J connectivity index is 0.00000242. The maximum absolute atomic E-state index is 12.8. The molecule has 0 atom stereocenters. The van der Waals surface area contributed by atoms with Gasteiger partial charge in [0.2, 0.25) is 11.8 Å². The monoisotopic (exact) mass is 325 g/mol. The van der Waals surface area contributed by atoms with Crippen LogP contribution in [0.2, 0.25) is 0 Å². The molecule has 0 bridgehead atoms. The summed E-state index contributed by atoms with van der Waals surface area (Å²) in [6.45, 7) is 4.08. The van der Waals surface area contributed by atoms with E-state index in [0.29, 0.717) is 6.54 Å².